The van der Waals surface area contributed by atoms with Crippen LogP contribution in [-0.2, 0) is 10.4 Å². The normalized spacial score (nSPS) is 17.7. The molecular weight excluding hydrogens is 260 g/mol. The van der Waals surface area contributed by atoms with E-state index >= 15 is 0 Å². The molecular formula is C14H24N2O2S. The van der Waals surface area contributed by atoms with Crippen LogP contribution in [0.2, 0.25) is 0 Å². The van der Waals surface area contributed by atoms with Crippen molar-refractivity contribution in [2.45, 2.75) is 58.5 Å². The topological polar surface area (TPSA) is 76.2 Å². The van der Waals surface area contributed by atoms with Gasteiger partial charge in [-0.2, -0.15) is 0 Å². The molecule has 0 aliphatic rings. The Kier molecular flexibility index (Phi) is 5.50. The highest BCUT2D eigenvalue weighted by atomic mass is 32.1. The number of nitrogens with zero attached hydrogens (tertiary/aromatic N) is 1. The summed E-state index contributed by atoms with van der Waals surface area (Å²) >= 11 is 1.38. The number of hydrogen-bond donors (Lipinski definition) is 2. The van der Waals surface area contributed by atoms with E-state index in [9.17, 15) is 9.90 Å². The zero-order valence-electron chi connectivity index (χ0n) is 12.0. The Morgan fingerprint density at radius 3 is 2.53 bits per heavy atom. The number of aromatic nitrogens is 1. The van der Waals surface area contributed by atoms with Crippen molar-refractivity contribution in [3.05, 3.63) is 16.6 Å². The highest BCUT2D eigenvalue weighted by Crippen LogP contribution is 2.47. The first-order valence-corrected chi connectivity index (χ1v) is 7.72. The number of aliphatic hydroxyl groups is 1. The second-order valence-electron chi connectivity index (χ2n) is 5.25. The van der Waals surface area contributed by atoms with Crippen LogP contribution in [0.5, 0.6) is 0 Å². The summed E-state index contributed by atoms with van der Waals surface area (Å²) in [4.78, 5) is 16.2. The molecule has 0 saturated carbocycles. The van der Waals surface area contributed by atoms with Gasteiger partial charge in [0.2, 0.25) is 5.91 Å². The maximum Gasteiger partial charge on any atom is 0.226 e. The van der Waals surface area contributed by atoms with Crippen molar-refractivity contribution in [3.8, 4) is 0 Å². The van der Waals surface area contributed by atoms with E-state index in [-0.39, 0.29) is 0 Å². The van der Waals surface area contributed by atoms with E-state index < -0.39 is 16.9 Å². The van der Waals surface area contributed by atoms with Crippen LogP contribution in [0, 0.1) is 5.41 Å². The number of hydrogen-bond acceptors (Lipinski definition) is 4. The van der Waals surface area contributed by atoms with Crippen LogP contribution < -0.4 is 5.73 Å². The molecule has 0 fully saturated rings. The second-order valence-corrected chi connectivity index (χ2v) is 6.14. The van der Waals surface area contributed by atoms with Crippen LogP contribution in [0.25, 0.3) is 0 Å². The molecule has 1 heterocycles. The molecule has 0 radical (unpaired) electrons. The molecule has 3 N–H and O–H groups in total. The van der Waals surface area contributed by atoms with Crippen molar-refractivity contribution < 1.29 is 9.90 Å². The average Bonchev–Trinajstić information content (AvgIpc) is 2.89. The molecule has 0 aromatic carbocycles. The number of carbonyl (C=O) groups is 1. The van der Waals surface area contributed by atoms with Crippen molar-refractivity contribution in [1.82, 2.24) is 4.98 Å². The number of primary amides is 1. The van der Waals surface area contributed by atoms with Gasteiger partial charge >= 0.3 is 0 Å². The molecule has 4 nitrogen and oxygen atoms in total. The summed E-state index contributed by atoms with van der Waals surface area (Å²) in [5.41, 5.74) is 3.37. The zero-order chi connectivity index (χ0) is 14.5. The first-order chi connectivity index (χ1) is 8.92. The fourth-order valence-electron chi connectivity index (χ4n) is 2.47. The SMILES string of the molecule is CCCCC(C)(C(N)=O)C(O)(CCC)c1nccs1. The minimum Gasteiger partial charge on any atom is -0.382 e. The molecule has 5 heteroatoms. The summed E-state index contributed by atoms with van der Waals surface area (Å²) in [5.74, 6) is -0.452. The maximum atomic E-state index is 12.0. The minimum absolute atomic E-state index is 0.452. The molecule has 0 bridgehead atoms. The zero-order valence-corrected chi connectivity index (χ0v) is 12.8. The molecule has 0 aliphatic heterocycles. The molecule has 0 aliphatic carbocycles. The predicted molar refractivity (Wildman–Crippen MR) is 77.7 cm³/mol. The van der Waals surface area contributed by atoms with Crippen LogP contribution in [-0.4, -0.2) is 16.0 Å². The smallest absolute Gasteiger partial charge is 0.226 e. The van der Waals surface area contributed by atoms with Crippen LogP contribution in [0.1, 0.15) is 57.9 Å². The summed E-state index contributed by atoms with van der Waals surface area (Å²) in [7, 11) is 0. The number of carbonyl (C=O) groups excluding carboxylic acids is 1. The van der Waals surface area contributed by atoms with Gasteiger partial charge in [-0.05, 0) is 19.8 Å². The third kappa shape index (κ3) is 2.98. The third-order valence-corrected chi connectivity index (χ3v) is 4.81. The lowest BCUT2D eigenvalue weighted by Gasteiger charge is -2.41. The van der Waals surface area contributed by atoms with E-state index in [1.165, 1.54) is 11.3 Å². The van der Waals surface area contributed by atoms with E-state index in [0.717, 1.165) is 19.3 Å². The van der Waals surface area contributed by atoms with E-state index in [2.05, 4.69) is 11.9 Å². The van der Waals surface area contributed by atoms with E-state index in [0.29, 0.717) is 17.8 Å². The lowest BCUT2D eigenvalue weighted by atomic mass is 9.67. The molecule has 2 unspecified atom stereocenters. The summed E-state index contributed by atoms with van der Waals surface area (Å²) in [6, 6.07) is 0. The van der Waals surface area contributed by atoms with Crippen LogP contribution in [0.15, 0.2) is 11.6 Å². The lowest BCUT2D eigenvalue weighted by Crippen LogP contribution is -2.52. The fourth-order valence-corrected chi connectivity index (χ4v) is 3.37. The van der Waals surface area contributed by atoms with Gasteiger partial charge in [0, 0.05) is 11.6 Å². The Labute approximate surface area is 119 Å². The van der Waals surface area contributed by atoms with E-state index in [1.807, 2.05) is 12.3 Å². The van der Waals surface area contributed by atoms with Gasteiger partial charge in [-0.25, -0.2) is 4.98 Å². The summed E-state index contributed by atoms with van der Waals surface area (Å²) < 4.78 is 0. The summed E-state index contributed by atoms with van der Waals surface area (Å²) in [6.07, 6.45) is 5.31. The number of rotatable bonds is 8. The number of nitrogens with two attached hydrogens (primary N) is 1. The highest BCUT2D eigenvalue weighted by molar-refractivity contribution is 7.09. The Hall–Kier alpha value is -0.940. The van der Waals surface area contributed by atoms with Crippen molar-refractivity contribution >= 4 is 17.2 Å². The van der Waals surface area contributed by atoms with Gasteiger partial charge < -0.3 is 10.8 Å². The minimum atomic E-state index is -1.27. The number of unbranched alkanes of at least 4 members (excludes halogenated alkanes) is 1. The Morgan fingerprint density at radius 1 is 1.42 bits per heavy atom. The molecule has 2 atom stereocenters. The van der Waals surface area contributed by atoms with Crippen LogP contribution >= 0.6 is 11.3 Å². The first kappa shape index (κ1) is 16.1. The summed E-state index contributed by atoms with van der Waals surface area (Å²) in [5, 5.41) is 13.5. The Bertz CT molecular complexity index is 408. The molecule has 1 aromatic rings. The molecule has 1 amide bonds. The summed E-state index contributed by atoms with van der Waals surface area (Å²) in [6.45, 7) is 5.81. The Morgan fingerprint density at radius 2 is 2.11 bits per heavy atom. The second kappa shape index (κ2) is 6.48. The molecule has 19 heavy (non-hydrogen) atoms. The third-order valence-electron chi connectivity index (χ3n) is 3.88. The van der Waals surface area contributed by atoms with Crippen molar-refractivity contribution in [2.24, 2.45) is 11.1 Å². The highest BCUT2D eigenvalue weighted by Gasteiger charge is 2.52. The number of thiazole rings is 1. The van der Waals surface area contributed by atoms with E-state index in [4.69, 9.17) is 5.73 Å². The number of amides is 1. The van der Waals surface area contributed by atoms with Gasteiger partial charge in [-0.15, -0.1) is 11.3 Å². The predicted octanol–water partition coefficient (Wildman–Crippen LogP) is 2.81. The standard InChI is InChI=1S/C14H24N2O2S/c1-4-6-8-13(3,11(15)17)14(18,7-5-2)12-16-9-10-19-12/h9-10,18H,4-8H2,1-3H3,(H2,15,17). The van der Waals surface area contributed by atoms with Crippen molar-refractivity contribution in [1.29, 1.82) is 0 Å². The van der Waals surface area contributed by atoms with Gasteiger partial charge in [0.05, 0.1) is 5.41 Å². The van der Waals surface area contributed by atoms with Gasteiger partial charge in [-0.3, -0.25) is 4.79 Å². The Balaban J connectivity index is 3.23. The molecule has 1 aromatic heterocycles. The molecule has 1 rings (SSSR count). The van der Waals surface area contributed by atoms with Gasteiger partial charge in [0.25, 0.3) is 0 Å². The van der Waals surface area contributed by atoms with Crippen LogP contribution in [0.3, 0.4) is 0 Å². The fraction of sp³-hybridized carbons (Fsp3) is 0.714. The molecule has 0 spiro atoms. The van der Waals surface area contributed by atoms with Crippen LogP contribution in [0.4, 0.5) is 0 Å². The molecule has 0 saturated heterocycles. The van der Waals surface area contributed by atoms with Gasteiger partial charge in [0.15, 0.2) is 0 Å². The van der Waals surface area contributed by atoms with E-state index in [1.54, 1.807) is 13.1 Å². The van der Waals surface area contributed by atoms with Crippen molar-refractivity contribution in [2.75, 3.05) is 0 Å². The van der Waals surface area contributed by atoms with Crippen molar-refractivity contribution in [3.63, 3.8) is 0 Å². The average molecular weight is 284 g/mol. The monoisotopic (exact) mass is 284 g/mol. The first-order valence-electron chi connectivity index (χ1n) is 6.84. The lowest BCUT2D eigenvalue weighted by molar-refractivity contribution is -0.151. The maximum absolute atomic E-state index is 12.0. The van der Waals surface area contributed by atoms with Gasteiger partial charge in [0.1, 0.15) is 10.6 Å². The largest absolute Gasteiger partial charge is 0.382 e. The van der Waals surface area contributed by atoms with Gasteiger partial charge in [-0.1, -0.05) is 33.1 Å². The molecule has 108 valence electrons. The quantitative estimate of drug-likeness (QED) is 0.770.